The fourth-order valence-electron chi connectivity index (χ4n) is 7.72. The van der Waals surface area contributed by atoms with Gasteiger partial charge in [-0.15, -0.1) is 0 Å². The van der Waals surface area contributed by atoms with Crippen LogP contribution in [0.4, 0.5) is 42.9 Å². The first-order valence-corrected chi connectivity index (χ1v) is 25.3. The molecule has 0 aliphatic carbocycles. The summed E-state index contributed by atoms with van der Waals surface area (Å²) in [6, 6.07) is 46.8. The van der Waals surface area contributed by atoms with E-state index in [4.69, 9.17) is 0 Å². The van der Waals surface area contributed by atoms with Gasteiger partial charge in [-0.2, -0.15) is 0 Å². The standard InChI is InChI=1S/C47H44F2N2Si2/c1-31-28-45(51(38-13-9-11-34(49)30-38)36-18-22-40(23-19-36)53(5,6)7)43-24-14-32-15-27-44(42-26-25-41(31)47(43)46(32)42)50(37-12-8-10-33(48)29-37)35-16-20-39(21-17-35)52(2,3)4/h8-30H,1-7H3. The molecule has 0 unspecified atom stereocenters. The number of halogens is 2. The summed E-state index contributed by atoms with van der Waals surface area (Å²) >= 11 is 0. The van der Waals surface area contributed by atoms with Gasteiger partial charge in [-0.05, 0) is 107 Å². The lowest BCUT2D eigenvalue weighted by molar-refractivity contribution is 0.627. The van der Waals surface area contributed by atoms with Gasteiger partial charge >= 0.3 is 0 Å². The summed E-state index contributed by atoms with van der Waals surface area (Å²) in [5.74, 6) is -0.555. The molecule has 0 aliphatic rings. The summed E-state index contributed by atoms with van der Waals surface area (Å²) in [5, 5.41) is 9.51. The van der Waals surface area contributed by atoms with Gasteiger partial charge in [-0.1, -0.05) is 116 Å². The molecule has 6 heteroatoms. The van der Waals surface area contributed by atoms with Crippen molar-refractivity contribution in [2.45, 2.75) is 46.2 Å². The van der Waals surface area contributed by atoms with Gasteiger partial charge in [0.2, 0.25) is 0 Å². The van der Waals surface area contributed by atoms with Crippen LogP contribution in [0.15, 0.2) is 140 Å². The Morgan fingerprint density at radius 2 is 0.868 bits per heavy atom. The van der Waals surface area contributed by atoms with Gasteiger partial charge in [0.25, 0.3) is 0 Å². The first kappa shape index (κ1) is 34.8. The molecule has 0 bridgehead atoms. The largest absolute Gasteiger partial charge is 0.310 e. The second-order valence-corrected chi connectivity index (χ2v) is 26.4. The Morgan fingerprint density at radius 1 is 0.415 bits per heavy atom. The van der Waals surface area contributed by atoms with Crippen molar-refractivity contribution >= 4 is 93.0 Å². The lowest BCUT2D eigenvalue weighted by atomic mass is 9.89. The van der Waals surface area contributed by atoms with Crippen molar-refractivity contribution in [1.29, 1.82) is 0 Å². The highest BCUT2D eigenvalue weighted by Crippen LogP contribution is 2.48. The number of hydrogen-bond donors (Lipinski definition) is 0. The van der Waals surface area contributed by atoms with E-state index >= 15 is 0 Å². The minimum absolute atomic E-state index is 0.277. The summed E-state index contributed by atoms with van der Waals surface area (Å²) in [5.41, 5.74) is 6.58. The monoisotopic (exact) mass is 730 g/mol. The molecule has 0 aliphatic heterocycles. The van der Waals surface area contributed by atoms with Gasteiger partial charge in [-0.25, -0.2) is 8.78 Å². The van der Waals surface area contributed by atoms with Crippen LogP contribution in [-0.4, -0.2) is 16.1 Å². The number of nitrogens with zero attached hydrogens (tertiary/aromatic N) is 2. The molecular weight excluding hydrogens is 687 g/mol. The van der Waals surface area contributed by atoms with Crippen molar-refractivity contribution in [3.8, 4) is 0 Å². The maximum atomic E-state index is 15.0. The Hall–Kier alpha value is -5.31. The Labute approximate surface area is 313 Å². The molecule has 0 saturated carbocycles. The van der Waals surface area contributed by atoms with Gasteiger partial charge < -0.3 is 9.80 Å². The number of anilines is 6. The molecular formula is C47H44F2N2Si2. The summed E-state index contributed by atoms with van der Waals surface area (Å²) in [6.45, 7) is 16.3. The molecule has 264 valence electrons. The third-order valence-corrected chi connectivity index (χ3v) is 14.7. The predicted molar refractivity (Wildman–Crippen MR) is 230 cm³/mol. The zero-order valence-corrected chi connectivity index (χ0v) is 33.4. The quantitative estimate of drug-likeness (QED) is 0.113. The van der Waals surface area contributed by atoms with Crippen LogP contribution in [0.1, 0.15) is 5.56 Å². The van der Waals surface area contributed by atoms with Crippen LogP contribution in [0.3, 0.4) is 0 Å². The highest BCUT2D eigenvalue weighted by molar-refractivity contribution is 6.89. The molecule has 0 heterocycles. The molecule has 0 spiro atoms. The fraction of sp³-hybridized carbons (Fsp3) is 0.149. The lowest BCUT2D eigenvalue weighted by Gasteiger charge is -2.30. The van der Waals surface area contributed by atoms with E-state index in [0.29, 0.717) is 0 Å². The summed E-state index contributed by atoms with van der Waals surface area (Å²) in [6.07, 6.45) is 0. The van der Waals surface area contributed by atoms with Crippen molar-refractivity contribution < 1.29 is 8.78 Å². The van der Waals surface area contributed by atoms with E-state index in [1.54, 1.807) is 24.3 Å². The molecule has 0 saturated heterocycles. The van der Waals surface area contributed by atoms with Crippen LogP contribution in [0.25, 0.3) is 32.3 Å². The summed E-state index contributed by atoms with van der Waals surface area (Å²) in [4.78, 5) is 4.37. The van der Waals surface area contributed by atoms with Gasteiger partial charge in [0, 0.05) is 33.5 Å². The van der Waals surface area contributed by atoms with Crippen molar-refractivity contribution in [3.05, 3.63) is 157 Å². The number of aryl methyl sites for hydroxylation is 1. The first-order chi connectivity index (χ1) is 25.3. The Bertz CT molecular complexity index is 2620. The topological polar surface area (TPSA) is 6.48 Å². The molecule has 8 aromatic rings. The average Bonchev–Trinajstić information content (AvgIpc) is 3.12. The molecule has 0 aromatic heterocycles. The molecule has 2 nitrogen and oxygen atoms in total. The third-order valence-electron chi connectivity index (χ3n) is 10.5. The van der Waals surface area contributed by atoms with Crippen LogP contribution >= 0.6 is 0 Å². The normalized spacial score (nSPS) is 12.2. The van der Waals surface area contributed by atoms with Crippen LogP contribution in [0.2, 0.25) is 39.3 Å². The second kappa shape index (κ2) is 13.0. The maximum absolute atomic E-state index is 15.0. The van der Waals surface area contributed by atoms with E-state index in [1.807, 2.05) is 12.1 Å². The molecule has 0 radical (unpaired) electrons. The molecule has 0 N–H and O–H groups in total. The van der Waals surface area contributed by atoms with E-state index in [-0.39, 0.29) is 11.6 Å². The van der Waals surface area contributed by atoms with Gasteiger partial charge in [0.1, 0.15) is 11.6 Å². The van der Waals surface area contributed by atoms with Crippen LogP contribution in [0, 0.1) is 18.6 Å². The van der Waals surface area contributed by atoms with E-state index in [0.717, 1.165) is 66.6 Å². The minimum Gasteiger partial charge on any atom is -0.310 e. The van der Waals surface area contributed by atoms with Crippen molar-refractivity contribution in [3.63, 3.8) is 0 Å². The number of hydrogen-bond acceptors (Lipinski definition) is 2. The average molecular weight is 731 g/mol. The fourth-order valence-corrected chi connectivity index (χ4v) is 10.1. The smallest absolute Gasteiger partial charge is 0.125 e. The van der Waals surface area contributed by atoms with Gasteiger partial charge in [0.15, 0.2) is 0 Å². The highest BCUT2D eigenvalue weighted by atomic mass is 28.3. The van der Waals surface area contributed by atoms with Crippen LogP contribution in [0.5, 0.6) is 0 Å². The number of benzene rings is 8. The van der Waals surface area contributed by atoms with Gasteiger partial charge in [0.05, 0.1) is 27.5 Å². The first-order valence-electron chi connectivity index (χ1n) is 18.3. The molecule has 8 rings (SSSR count). The second-order valence-electron chi connectivity index (χ2n) is 16.3. The zero-order valence-electron chi connectivity index (χ0n) is 31.4. The highest BCUT2D eigenvalue weighted by Gasteiger charge is 2.24. The molecule has 0 fully saturated rings. The zero-order chi connectivity index (χ0) is 37.2. The maximum Gasteiger partial charge on any atom is 0.125 e. The molecule has 53 heavy (non-hydrogen) atoms. The van der Waals surface area contributed by atoms with E-state index in [2.05, 4.69) is 147 Å². The van der Waals surface area contributed by atoms with Crippen molar-refractivity contribution in [2.24, 2.45) is 0 Å². The van der Waals surface area contributed by atoms with E-state index < -0.39 is 16.1 Å². The van der Waals surface area contributed by atoms with Crippen molar-refractivity contribution in [2.75, 3.05) is 9.80 Å². The predicted octanol–water partition coefficient (Wildman–Crippen LogP) is 13.2. The summed E-state index contributed by atoms with van der Waals surface area (Å²) < 4.78 is 29.9. The Balaban J connectivity index is 1.39. The third kappa shape index (κ3) is 6.30. The van der Waals surface area contributed by atoms with E-state index in [1.165, 1.54) is 27.9 Å². The van der Waals surface area contributed by atoms with Crippen LogP contribution in [-0.2, 0) is 0 Å². The molecule has 0 atom stereocenters. The van der Waals surface area contributed by atoms with Crippen molar-refractivity contribution in [1.82, 2.24) is 0 Å². The molecule has 0 amide bonds. The summed E-state index contributed by atoms with van der Waals surface area (Å²) in [7, 11) is -3.07. The van der Waals surface area contributed by atoms with Gasteiger partial charge in [-0.3, -0.25) is 0 Å². The Morgan fingerprint density at radius 3 is 1.38 bits per heavy atom. The van der Waals surface area contributed by atoms with E-state index in [9.17, 15) is 8.78 Å². The van der Waals surface area contributed by atoms with Crippen LogP contribution < -0.4 is 20.2 Å². The SMILES string of the molecule is Cc1cc(N(c2ccc([Si](C)(C)C)cc2)c2cccc(F)c2)c2ccc3ccc(N(c4ccc([Si](C)(C)C)cc4)c4cccc(F)c4)c4ccc1c2c34. The molecule has 8 aromatic carbocycles. The lowest BCUT2D eigenvalue weighted by Crippen LogP contribution is -2.37. The number of rotatable bonds is 8. The Kier molecular flexibility index (Phi) is 8.51. The minimum atomic E-state index is -1.54.